The molecule has 0 heterocycles. The summed E-state index contributed by atoms with van der Waals surface area (Å²) in [5.74, 6) is -4.09. The van der Waals surface area contributed by atoms with Crippen LogP contribution in [0.15, 0.2) is 18.2 Å². The third-order valence-corrected chi connectivity index (χ3v) is 3.15. The summed E-state index contributed by atoms with van der Waals surface area (Å²) in [7, 11) is 0. The van der Waals surface area contributed by atoms with Gasteiger partial charge in [-0.15, -0.1) is 0 Å². The Hall–Kier alpha value is -2.83. The molecule has 1 rings (SSSR count). The minimum absolute atomic E-state index is 0.200. The lowest BCUT2D eigenvalue weighted by Crippen LogP contribution is -2.30. The highest BCUT2D eigenvalue weighted by atomic mass is 16.4. The minimum atomic E-state index is -1.82. The van der Waals surface area contributed by atoms with Crippen LogP contribution in [0.2, 0.25) is 0 Å². The number of rotatable bonds is 7. The van der Waals surface area contributed by atoms with E-state index in [-0.39, 0.29) is 17.5 Å². The Labute approximate surface area is 144 Å². The molecule has 25 heavy (non-hydrogen) atoms. The van der Waals surface area contributed by atoms with E-state index in [4.69, 9.17) is 25.1 Å². The Bertz CT molecular complexity index is 601. The predicted molar refractivity (Wildman–Crippen MR) is 86.9 cm³/mol. The lowest BCUT2D eigenvalue weighted by atomic mass is 10.1. The van der Waals surface area contributed by atoms with Crippen LogP contribution in [-0.4, -0.2) is 50.1 Å². The number of nitrogens with one attached hydrogen (secondary N) is 1. The van der Waals surface area contributed by atoms with Gasteiger partial charge in [-0.2, -0.15) is 5.26 Å². The number of phenols is 2. The van der Waals surface area contributed by atoms with Gasteiger partial charge >= 0.3 is 11.9 Å². The number of aliphatic carboxylic acids is 2. The summed E-state index contributed by atoms with van der Waals surface area (Å²) >= 11 is 0. The fourth-order valence-corrected chi connectivity index (χ4v) is 1.77. The first kappa shape index (κ1) is 22.2. The van der Waals surface area contributed by atoms with E-state index in [0.29, 0.717) is 18.5 Å². The molecule has 1 aromatic carbocycles. The van der Waals surface area contributed by atoms with Gasteiger partial charge in [0.25, 0.3) is 0 Å². The van der Waals surface area contributed by atoms with Gasteiger partial charge in [0.1, 0.15) is 0 Å². The van der Waals surface area contributed by atoms with Crippen LogP contribution in [0.3, 0.4) is 0 Å². The first-order valence-electron chi connectivity index (χ1n) is 7.45. The van der Waals surface area contributed by atoms with Crippen molar-refractivity contribution < 1.29 is 35.1 Å². The molecule has 1 unspecified atom stereocenters. The summed E-state index contributed by atoms with van der Waals surface area (Å²) in [5, 5.41) is 54.9. The molecule has 0 saturated carbocycles. The third-order valence-electron chi connectivity index (χ3n) is 3.15. The second-order valence-corrected chi connectivity index (χ2v) is 5.23. The molecular formula is C16H22N2O7. The zero-order valence-corrected chi connectivity index (χ0v) is 13.7. The number of unbranched alkanes of at least 4 members (excludes halogenated alkanes) is 1. The number of nitrogens with zero attached hydrogens (tertiary/aromatic N) is 1. The first-order chi connectivity index (χ1) is 11.7. The number of phenolic OH excluding ortho intramolecular Hbond substituents is 2. The van der Waals surface area contributed by atoms with Crippen LogP contribution in [0.25, 0.3) is 0 Å². The average molecular weight is 354 g/mol. The molecule has 1 aromatic rings. The van der Waals surface area contributed by atoms with Gasteiger partial charge in [-0.05, 0) is 37.5 Å². The van der Waals surface area contributed by atoms with Crippen molar-refractivity contribution in [2.45, 2.75) is 38.3 Å². The molecule has 0 amide bonds. The Kier molecular flexibility index (Phi) is 10.3. The van der Waals surface area contributed by atoms with E-state index in [2.05, 4.69) is 11.4 Å². The standard InChI is InChI=1S/C14H20N2O3.C2H2O4/c1-10(4-2-3-7-15)16-9-14(19)11-5-6-12(17)13(18)8-11;3-1(4)2(5)6/h5-6,8,10,14,16-19H,2-4,9H2,1H3;(H,3,4)(H,5,6)/t10?,14-;/m0./s1. The van der Waals surface area contributed by atoms with Crippen LogP contribution in [-0.2, 0) is 9.59 Å². The quantitative estimate of drug-likeness (QED) is 0.237. The molecule has 0 radical (unpaired) electrons. The molecule has 0 bridgehead atoms. The summed E-state index contributed by atoms with van der Waals surface area (Å²) < 4.78 is 0. The number of benzene rings is 1. The zero-order valence-electron chi connectivity index (χ0n) is 13.7. The van der Waals surface area contributed by atoms with Crippen molar-refractivity contribution in [1.82, 2.24) is 5.32 Å². The van der Waals surface area contributed by atoms with Crippen LogP contribution in [0.1, 0.15) is 37.9 Å². The van der Waals surface area contributed by atoms with Gasteiger partial charge < -0.3 is 30.8 Å². The van der Waals surface area contributed by atoms with Crippen LogP contribution < -0.4 is 5.32 Å². The Morgan fingerprint density at radius 2 is 1.80 bits per heavy atom. The Morgan fingerprint density at radius 3 is 2.28 bits per heavy atom. The van der Waals surface area contributed by atoms with Crippen molar-refractivity contribution in [3.05, 3.63) is 23.8 Å². The maximum Gasteiger partial charge on any atom is 0.414 e. The summed E-state index contributed by atoms with van der Waals surface area (Å²) in [6.45, 7) is 2.36. The van der Waals surface area contributed by atoms with E-state index in [0.717, 1.165) is 12.8 Å². The Balaban J connectivity index is 0.000000823. The van der Waals surface area contributed by atoms with Crippen molar-refractivity contribution in [3.63, 3.8) is 0 Å². The van der Waals surface area contributed by atoms with Gasteiger partial charge in [-0.1, -0.05) is 6.07 Å². The van der Waals surface area contributed by atoms with Gasteiger partial charge in [-0.3, -0.25) is 0 Å². The third kappa shape index (κ3) is 9.80. The van der Waals surface area contributed by atoms with E-state index in [1.54, 1.807) is 6.07 Å². The van der Waals surface area contributed by atoms with E-state index in [1.165, 1.54) is 12.1 Å². The minimum Gasteiger partial charge on any atom is -0.504 e. The highest BCUT2D eigenvalue weighted by molar-refractivity contribution is 6.27. The van der Waals surface area contributed by atoms with Crippen LogP contribution >= 0.6 is 0 Å². The summed E-state index contributed by atoms with van der Waals surface area (Å²) in [6, 6.07) is 6.58. The molecule has 138 valence electrons. The van der Waals surface area contributed by atoms with Gasteiger partial charge in [0.15, 0.2) is 11.5 Å². The van der Waals surface area contributed by atoms with Crippen molar-refractivity contribution in [2.75, 3.05) is 6.54 Å². The number of nitriles is 1. The van der Waals surface area contributed by atoms with E-state index < -0.39 is 18.0 Å². The smallest absolute Gasteiger partial charge is 0.414 e. The summed E-state index contributed by atoms with van der Waals surface area (Å²) in [6.07, 6.45) is 1.51. The molecule has 0 saturated heterocycles. The molecule has 0 aliphatic carbocycles. The molecule has 0 fully saturated rings. The van der Waals surface area contributed by atoms with Gasteiger partial charge in [0.2, 0.25) is 0 Å². The van der Waals surface area contributed by atoms with Crippen molar-refractivity contribution in [1.29, 1.82) is 5.26 Å². The lowest BCUT2D eigenvalue weighted by Gasteiger charge is -2.17. The summed E-state index contributed by atoms with van der Waals surface area (Å²) in [4.78, 5) is 18.2. The Morgan fingerprint density at radius 1 is 1.20 bits per heavy atom. The molecule has 9 nitrogen and oxygen atoms in total. The SMILES string of the molecule is CC(CCCC#N)NC[C@H](O)c1ccc(O)c(O)c1.O=C(O)C(=O)O. The second kappa shape index (κ2) is 11.7. The average Bonchev–Trinajstić information content (AvgIpc) is 2.56. The molecule has 0 aromatic heterocycles. The number of aliphatic hydroxyl groups is 1. The topological polar surface area (TPSA) is 171 Å². The highest BCUT2D eigenvalue weighted by Crippen LogP contribution is 2.27. The molecule has 0 spiro atoms. The maximum absolute atomic E-state index is 9.95. The fraction of sp³-hybridized carbons (Fsp3) is 0.438. The van der Waals surface area contributed by atoms with Crippen LogP contribution in [0.5, 0.6) is 11.5 Å². The molecule has 0 aliphatic heterocycles. The normalized spacial score (nSPS) is 12.2. The van der Waals surface area contributed by atoms with E-state index >= 15 is 0 Å². The molecule has 0 aliphatic rings. The van der Waals surface area contributed by atoms with Crippen molar-refractivity contribution in [2.24, 2.45) is 0 Å². The van der Waals surface area contributed by atoms with E-state index in [9.17, 15) is 15.3 Å². The number of carboxylic acids is 2. The monoisotopic (exact) mass is 354 g/mol. The van der Waals surface area contributed by atoms with Gasteiger partial charge in [-0.25, -0.2) is 9.59 Å². The van der Waals surface area contributed by atoms with Crippen LogP contribution in [0, 0.1) is 11.3 Å². The van der Waals surface area contributed by atoms with E-state index in [1.807, 2.05) is 6.92 Å². The van der Waals surface area contributed by atoms with Gasteiger partial charge in [0, 0.05) is 19.0 Å². The number of aliphatic hydroxyl groups excluding tert-OH is 1. The maximum atomic E-state index is 9.95. The van der Waals surface area contributed by atoms with Crippen molar-refractivity contribution in [3.8, 4) is 17.6 Å². The number of hydrogen-bond acceptors (Lipinski definition) is 7. The molecule has 9 heteroatoms. The zero-order chi connectivity index (χ0) is 19.4. The highest BCUT2D eigenvalue weighted by Gasteiger charge is 2.11. The molecular weight excluding hydrogens is 332 g/mol. The molecule has 2 atom stereocenters. The largest absolute Gasteiger partial charge is 0.504 e. The fourth-order valence-electron chi connectivity index (χ4n) is 1.77. The number of aromatic hydroxyl groups is 2. The predicted octanol–water partition coefficient (Wildman–Crippen LogP) is 0.959. The van der Waals surface area contributed by atoms with Gasteiger partial charge in [0.05, 0.1) is 12.2 Å². The second-order valence-electron chi connectivity index (χ2n) is 5.23. The summed E-state index contributed by atoms with van der Waals surface area (Å²) in [5.41, 5.74) is 0.548. The first-order valence-corrected chi connectivity index (χ1v) is 7.45. The van der Waals surface area contributed by atoms with Crippen molar-refractivity contribution >= 4 is 11.9 Å². The molecule has 6 N–H and O–H groups in total. The van der Waals surface area contributed by atoms with Crippen LogP contribution in [0.4, 0.5) is 0 Å². The number of carbonyl (C=O) groups is 2. The number of carboxylic acid groups (broad SMARTS) is 2. The number of hydrogen-bond donors (Lipinski definition) is 6. The lowest BCUT2D eigenvalue weighted by molar-refractivity contribution is -0.159.